The molecule has 0 fully saturated rings. The molecule has 1 unspecified atom stereocenters. The molecule has 6 nitrogen and oxygen atoms in total. The first kappa shape index (κ1) is 17.3. The van der Waals surface area contributed by atoms with Crippen LogP contribution >= 0.6 is 11.6 Å². The molecule has 2 heterocycles. The van der Waals surface area contributed by atoms with Crippen molar-refractivity contribution in [1.82, 2.24) is 20.0 Å². The zero-order valence-electron chi connectivity index (χ0n) is 12.8. The van der Waals surface area contributed by atoms with E-state index in [1.54, 1.807) is 13.8 Å². The van der Waals surface area contributed by atoms with Gasteiger partial charge in [-0.2, -0.15) is 23.4 Å². The number of nitrogens with one attached hydrogen (secondary N) is 2. The zero-order valence-corrected chi connectivity index (χ0v) is 13.6. The van der Waals surface area contributed by atoms with E-state index in [1.807, 2.05) is 0 Å². The summed E-state index contributed by atoms with van der Waals surface area (Å²) in [5.41, 5.74) is -0.334. The fourth-order valence-electron chi connectivity index (χ4n) is 2.15. The third-order valence-corrected chi connectivity index (χ3v) is 3.99. The maximum Gasteiger partial charge on any atom is 0.437 e. The first-order valence-corrected chi connectivity index (χ1v) is 7.06. The standard InChI is InChI=1S/C13H15ClF3N5O/c1-5-9(14)7(3)22(21-5)8(4)12(23)18-10-6(2)19-20-11(10)13(15,16)17/h8H,1-4H3,(H,18,23)(H,19,20). The highest BCUT2D eigenvalue weighted by Gasteiger charge is 2.38. The second-order valence-corrected chi connectivity index (χ2v) is 5.54. The molecule has 1 atom stereocenters. The first-order valence-electron chi connectivity index (χ1n) is 6.68. The fraction of sp³-hybridized carbons (Fsp3) is 0.462. The van der Waals surface area contributed by atoms with Crippen LogP contribution in [-0.4, -0.2) is 25.9 Å². The number of alkyl halides is 3. The van der Waals surface area contributed by atoms with Gasteiger partial charge in [-0.05, 0) is 27.7 Å². The van der Waals surface area contributed by atoms with E-state index in [0.29, 0.717) is 16.4 Å². The molecule has 2 aromatic rings. The average molecular weight is 350 g/mol. The Morgan fingerprint density at radius 2 is 1.96 bits per heavy atom. The number of anilines is 1. The molecule has 0 radical (unpaired) electrons. The zero-order chi connectivity index (χ0) is 17.5. The summed E-state index contributed by atoms with van der Waals surface area (Å²) in [7, 11) is 0. The topological polar surface area (TPSA) is 75.6 Å². The van der Waals surface area contributed by atoms with Crippen molar-refractivity contribution < 1.29 is 18.0 Å². The number of rotatable bonds is 3. The first-order chi connectivity index (χ1) is 10.5. The smallest absolute Gasteiger partial charge is 0.321 e. The van der Waals surface area contributed by atoms with Gasteiger partial charge in [0.2, 0.25) is 5.91 Å². The van der Waals surface area contributed by atoms with Crippen molar-refractivity contribution >= 4 is 23.2 Å². The van der Waals surface area contributed by atoms with E-state index >= 15 is 0 Å². The minimum atomic E-state index is -4.67. The van der Waals surface area contributed by atoms with Crippen LogP contribution < -0.4 is 5.32 Å². The van der Waals surface area contributed by atoms with E-state index in [0.717, 1.165) is 0 Å². The lowest BCUT2D eigenvalue weighted by Gasteiger charge is -2.15. The summed E-state index contributed by atoms with van der Waals surface area (Å²) in [5.74, 6) is -0.651. The lowest BCUT2D eigenvalue weighted by molar-refractivity contribution is -0.140. The molecule has 0 aliphatic heterocycles. The van der Waals surface area contributed by atoms with Gasteiger partial charge >= 0.3 is 6.18 Å². The summed E-state index contributed by atoms with van der Waals surface area (Å²) in [4.78, 5) is 12.3. The molecule has 2 rings (SSSR count). The minimum absolute atomic E-state index is 0.115. The van der Waals surface area contributed by atoms with Gasteiger partial charge in [0, 0.05) is 0 Å². The SMILES string of the molecule is Cc1nn(C(C)C(=O)Nc2c(C(F)(F)F)n[nH]c2C)c(C)c1Cl. The molecule has 10 heteroatoms. The molecule has 2 aromatic heterocycles. The molecule has 126 valence electrons. The van der Waals surface area contributed by atoms with Crippen LogP contribution in [0.4, 0.5) is 18.9 Å². The van der Waals surface area contributed by atoms with Crippen LogP contribution in [-0.2, 0) is 11.0 Å². The van der Waals surface area contributed by atoms with E-state index in [4.69, 9.17) is 11.6 Å². The quantitative estimate of drug-likeness (QED) is 0.891. The summed E-state index contributed by atoms with van der Waals surface area (Å²) in [6, 6.07) is -0.836. The third kappa shape index (κ3) is 3.19. The maximum absolute atomic E-state index is 12.9. The number of nitrogens with zero attached hydrogens (tertiary/aromatic N) is 3. The van der Waals surface area contributed by atoms with Crippen LogP contribution in [0.25, 0.3) is 0 Å². The molecule has 0 saturated heterocycles. The van der Waals surface area contributed by atoms with Gasteiger partial charge in [0.1, 0.15) is 6.04 Å². The van der Waals surface area contributed by atoms with Crippen molar-refractivity contribution in [3.8, 4) is 0 Å². The third-order valence-electron chi connectivity index (χ3n) is 3.45. The summed E-state index contributed by atoms with van der Waals surface area (Å²) < 4.78 is 40.0. The van der Waals surface area contributed by atoms with Gasteiger partial charge in [-0.1, -0.05) is 11.6 Å². The Balaban J connectivity index is 2.29. The molecule has 2 N–H and O–H groups in total. The molecule has 0 aliphatic carbocycles. The lowest BCUT2D eigenvalue weighted by atomic mass is 10.2. The minimum Gasteiger partial charge on any atom is -0.321 e. The van der Waals surface area contributed by atoms with Crippen LogP contribution in [0.15, 0.2) is 0 Å². The predicted octanol–water partition coefficient (Wildman–Crippen LogP) is 3.40. The Hall–Kier alpha value is -2.03. The van der Waals surface area contributed by atoms with Gasteiger partial charge in [-0.3, -0.25) is 14.6 Å². The number of carbonyl (C=O) groups excluding carboxylic acids is 1. The van der Waals surface area contributed by atoms with Crippen molar-refractivity contribution in [1.29, 1.82) is 0 Å². The Kier molecular flexibility index (Phi) is 4.43. The number of halogens is 4. The van der Waals surface area contributed by atoms with Crippen LogP contribution in [0.2, 0.25) is 5.02 Å². The number of carbonyl (C=O) groups is 1. The Labute approximate surface area is 135 Å². The van der Waals surface area contributed by atoms with Gasteiger partial charge in [0.15, 0.2) is 5.69 Å². The van der Waals surface area contributed by atoms with Gasteiger partial charge in [0.05, 0.1) is 27.8 Å². The Morgan fingerprint density at radius 3 is 2.43 bits per heavy atom. The fourth-order valence-corrected chi connectivity index (χ4v) is 2.27. The van der Waals surface area contributed by atoms with Crippen molar-refractivity contribution in [3.05, 3.63) is 27.8 Å². The predicted molar refractivity (Wildman–Crippen MR) is 78.4 cm³/mol. The maximum atomic E-state index is 12.9. The number of hydrogen-bond acceptors (Lipinski definition) is 3. The van der Waals surface area contributed by atoms with Crippen molar-refractivity contribution in [2.75, 3.05) is 5.32 Å². The number of aromatic amines is 1. The number of amides is 1. The molecule has 0 spiro atoms. The van der Waals surface area contributed by atoms with Crippen molar-refractivity contribution in [2.24, 2.45) is 0 Å². The second-order valence-electron chi connectivity index (χ2n) is 5.16. The van der Waals surface area contributed by atoms with Gasteiger partial charge in [-0.25, -0.2) is 0 Å². The van der Waals surface area contributed by atoms with Gasteiger partial charge in [-0.15, -0.1) is 0 Å². The molecule has 0 aliphatic rings. The van der Waals surface area contributed by atoms with E-state index < -0.39 is 23.8 Å². The summed E-state index contributed by atoms with van der Waals surface area (Å²) in [5, 5.41) is 12.2. The van der Waals surface area contributed by atoms with E-state index in [2.05, 4.69) is 20.6 Å². The number of aryl methyl sites for hydroxylation is 2. The second kappa shape index (κ2) is 5.88. The van der Waals surface area contributed by atoms with Crippen molar-refractivity contribution in [3.63, 3.8) is 0 Å². The normalized spacial score (nSPS) is 13.2. The average Bonchev–Trinajstić information content (AvgIpc) is 2.93. The van der Waals surface area contributed by atoms with Crippen LogP contribution in [0, 0.1) is 20.8 Å². The molecule has 0 bridgehead atoms. The van der Waals surface area contributed by atoms with Gasteiger partial charge < -0.3 is 5.32 Å². The number of H-pyrrole nitrogens is 1. The highest BCUT2D eigenvalue weighted by Crippen LogP contribution is 2.35. The number of aromatic nitrogens is 4. The highest BCUT2D eigenvalue weighted by atomic mass is 35.5. The summed E-state index contributed by atoms with van der Waals surface area (Å²) in [6.07, 6.45) is -4.67. The largest absolute Gasteiger partial charge is 0.437 e. The summed E-state index contributed by atoms with van der Waals surface area (Å²) >= 11 is 6.02. The lowest BCUT2D eigenvalue weighted by Crippen LogP contribution is -2.26. The highest BCUT2D eigenvalue weighted by molar-refractivity contribution is 6.31. The molecule has 1 amide bonds. The Morgan fingerprint density at radius 1 is 1.35 bits per heavy atom. The van der Waals surface area contributed by atoms with Crippen molar-refractivity contribution in [2.45, 2.75) is 39.9 Å². The molecular weight excluding hydrogens is 335 g/mol. The Bertz CT molecular complexity index is 750. The van der Waals surface area contributed by atoms with Crippen LogP contribution in [0.1, 0.15) is 35.7 Å². The van der Waals surface area contributed by atoms with E-state index in [9.17, 15) is 18.0 Å². The monoisotopic (exact) mass is 349 g/mol. The number of hydrogen-bond donors (Lipinski definition) is 2. The molecule has 0 saturated carbocycles. The van der Waals surface area contributed by atoms with Crippen LogP contribution in [0.5, 0.6) is 0 Å². The van der Waals surface area contributed by atoms with E-state index in [-0.39, 0.29) is 11.4 Å². The molecular formula is C13H15ClF3N5O. The summed E-state index contributed by atoms with van der Waals surface area (Å²) in [6.45, 7) is 6.27. The van der Waals surface area contributed by atoms with Crippen LogP contribution in [0.3, 0.4) is 0 Å². The molecule has 0 aromatic carbocycles. The molecule has 23 heavy (non-hydrogen) atoms. The van der Waals surface area contributed by atoms with Gasteiger partial charge in [0.25, 0.3) is 0 Å². The van der Waals surface area contributed by atoms with E-state index in [1.165, 1.54) is 18.5 Å².